The summed E-state index contributed by atoms with van der Waals surface area (Å²) in [6.07, 6.45) is 7.03. The minimum Gasteiger partial charge on any atom is -0.376 e. The van der Waals surface area contributed by atoms with Gasteiger partial charge in [0.1, 0.15) is 0 Å². The first-order valence-corrected chi connectivity index (χ1v) is 7.94. The Hall–Kier alpha value is -0.650. The summed E-state index contributed by atoms with van der Waals surface area (Å²) >= 11 is 0. The lowest BCUT2D eigenvalue weighted by atomic mass is 10.1. The summed E-state index contributed by atoms with van der Waals surface area (Å²) in [5, 5.41) is 2.67. The summed E-state index contributed by atoms with van der Waals surface area (Å²) < 4.78 is 11.7. The van der Waals surface area contributed by atoms with Gasteiger partial charge in [0, 0.05) is 39.7 Å². The first-order chi connectivity index (χ1) is 9.78. The lowest BCUT2D eigenvalue weighted by molar-refractivity contribution is -0.121. The van der Waals surface area contributed by atoms with E-state index in [0.29, 0.717) is 18.6 Å². The van der Waals surface area contributed by atoms with Crippen molar-refractivity contribution in [2.24, 2.45) is 0 Å². The van der Waals surface area contributed by atoms with Gasteiger partial charge in [0.25, 0.3) is 0 Å². The standard InChI is InChI=1S/C15H28N2O3/c1-16-15(18)7-10-17-8-5-13(6-9-17)20-12-14-4-2-3-11-19-14/h13-14H,2-12H2,1H3,(H,16,18)/t14-/m1/s1. The highest BCUT2D eigenvalue weighted by Gasteiger charge is 2.22. The SMILES string of the molecule is CNC(=O)CCN1CCC(OC[C@H]2CCCCO2)CC1. The number of hydrogen-bond acceptors (Lipinski definition) is 4. The van der Waals surface area contributed by atoms with Crippen LogP contribution in [0.4, 0.5) is 0 Å². The molecule has 5 nitrogen and oxygen atoms in total. The van der Waals surface area contributed by atoms with Gasteiger partial charge in [0.15, 0.2) is 0 Å². The van der Waals surface area contributed by atoms with E-state index in [1.807, 2.05) is 0 Å². The second kappa shape index (κ2) is 8.60. The molecule has 2 aliphatic rings. The molecule has 0 aliphatic carbocycles. The van der Waals surface area contributed by atoms with E-state index in [4.69, 9.17) is 9.47 Å². The number of likely N-dealkylation sites (tertiary alicyclic amines) is 1. The lowest BCUT2D eigenvalue weighted by Crippen LogP contribution is -2.39. The number of carbonyl (C=O) groups is 1. The first kappa shape index (κ1) is 15.7. The summed E-state index contributed by atoms with van der Waals surface area (Å²) in [5.41, 5.74) is 0. The van der Waals surface area contributed by atoms with E-state index < -0.39 is 0 Å². The predicted octanol–water partition coefficient (Wildman–Crippen LogP) is 1.17. The quantitative estimate of drug-likeness (QED) is 0.795. The zero-order valence-corrected chi connectivity index (χ0v) is 12.6. The van der Waals surface area contributed by atoms with Crippen molar-refractivity contribution in [2.45, 2.75) is 50.7 Å². The molecule has 2 saturated heterocycles. The molecule has 5 heteroatoms. The van der Waals surface area contributed by atoms with Gasteiger partial charge in [-0.1, -0.05) is 0 Å². The number of ether oxygens (including phenoxy) is 2. The van der Waals surface area contributed by atoms with E-state index in [9.17, 15) is 4.79 Å². The van der Waals surface area contributed by atoms with E-state index >= 15 is 0 Å². The van der Waals surface area contributed by atoms with Crippen LogP contribution < -0.4 is 5.32 Å². The number of piperidine rings is 1. The second-order valence-electron chi connectivity index (χ2n) is 5.79. The predicted molar refractivity (Wildman–Crippen MR) is 77.7 cm³/mol. The Kier molecular flexibility index (Phi) is 6.76. The number of nitrogens with zero attached hydrogens (tertiary/aromatic N) is 1. The molecule has 2 heterocycles. The normalized spacial score (nSPS) is 25.6. The Morgan fingerprint density at radius 3 is 2.75 bits per heavy atom. The molecule has 2 rings (SSSR count). The van der Waals surface area contributed by atoms with Crippen LogP contribution >= 0.6 is 0 Å². The minimum absolute atomic E-state index is 0.123. The average Bonchev–Trinajstić information content (AvgIpc) is 2.52. The molecule has 1 N–H and O–H groups in total. The molecule has 0 aromatic rings. The van der Waals surface area contributed by atoms with Crippen LogP contribution in [0, 0.1) is 0 Å². The van der Waals surface area contributed by atoms with Crippen LogP contribution in [0.3, 0.4) is 0 Å². The summed E-state index contributed by atoms with van der Waals surface area (Å²) in [6, 6.07) is 0. The van der Waals surface area contributed by atoms with Crippen LogP contribution in [0.1, 0.15) is 38.5 Å². The molecule has 0 aromatic heterocycles. The second-order valence-corrected chi connectivity index (χ2v) is 5.79. The Morgan fingerprint density at radius 2 is 2.10 bits per heavy atom. The van der Waals surface area contributed by atoms with E-state index in [-0.39, 0.29) is 5.91 Å². The molecular formula is C15H28N2O3. The van der Waals surface area contributed by atoms with Crippen molar-refractivity contribution >= 4 is 5.91 Å². The van der Waals surface area contributed by atoms with Crippen molar-refractivity contribution < 1.29 is 14.3 Å². The van der Waals surface area contributed by atoms with Gasteiger partial charge in [-0.05, 0) is 32.1 Å². The Morgan fingerprint density at radius 1 is 1.30 bits per heavy atom. The summed E-state index contributed by atoms with van der Waals surface area (Å²) in [5.74, 6) is 0.123. The van der Waals surface area contributed by atoms with Gasteiger partial charge in [-0.2, -0.15) is 0 Å². The Labute approximate surface area is 122 Å². The van der Waals surface area contributed by atoms with Gasteiger partial charge in [-0.25, -0.2) is 0 Å². The number of nitrogens with one attached hydrogen (secondary N) is 1. The maximum absolute atomic E-state index is 11.2. The van der Waals surface area contributed by atoms with E-state index in [0.717, 1.165) is 52.1 Å². The molecule has 2 aliphatic heterocycles. The van der Waals surface area contributed by atoms with Crippen LogP contribution in [0.5, 0.6) is 0 Å². The molecule has 0 radical (unpaired) electrons. The summed E-state index contributed by atoms with van der Waals surface area (Å²) in [6.45, 7) is 4.58. The summed E-state index contributed by atoms with van der Waals surface area (Å²) in [7, 11) is 1.69. The molecule has 1 atom stereocenters. The molecule has 1 amide bonds. The van der Waals surface area contributed by atoms with Crippen molar-refractivity contribution in [3.05, 3.63) is 0 Å². The molecule has 0 aromatic carbocycles. The van der Waals surface area contributed by atoms with Gasteiger partial charge < -0.3 is 19.7 Å². The van der Waals surface area contributed by atoms with E-state index in [2.05, 4.69) is 10.2 Å². The fourth-order valence-corrected chi connectivity index (χ4v) is 2.87. The van der Waals surface area contributed by atoms with E-state index in [1.54, 1.807) is 7.05 Å². The average molecular weight is 284 g/mol. The Balaban J connectivity index is 1.55. The third-order valence-corrected chi connectivity index (χ3v) is 4.26. The number of rotatable bonds is 6. The highest BCUT2D eigenvalue weighted by Crippen LogP contribution is 2.17. The molecule has 0 spiro atoms. The van der Waals surface area contributed by atoms with Gasteiger partial charge >= 0.3 is 0 Å². The number of amides is 1. The topological polar surface area (TPSA) is 50.8 Å². The molecule has 0 saturated carbocycles. The van der Waals surface area contributed by atoms with Gasteiger partial charge in [0.05, 0.1) is 18.8 Å². The van der Waals surface area contributed by atoms with Crippen LogP contribution in [-0.4, -0.2) is 62.9 Å². The maximum atomic E-state index is 11.2. The third kappa shape index (κ3) is 5.38. The van der Waals surface area contributed by atoms with Crippen molar-refractivity contribution in [1.82, 2.24) is 10.2 Å². The number of carbonyl (C=O) groups excluding carboxylic acids is 1. The third-order valence-electron chi connectivity index (χ3n) is 4.26. The highest BCUT2D eigenvalue weighted by molar-refractivity contribution is 5.75. The monoisotopic (exact) mass is 284 g/mol. The van der Waals surface area contributed by atoms with Crippen LogP contribution in [0.25, 0.3) is 0 Å². The van der Waals surface area contributed by atoms with Crippen LogP contribution in [0.2, 0.25) is 0 Å². The molecule has 116 valence electrons. The fraction of sp³-hybridized carbons (Fsp3) is 0.933. The molecule has 0 unspecified atom stereocenters. The van der Waals surface area contributed by atoms with Crippen molar-refractivity contribution in [3.8, 4) is 0 Å². The van der Waals surface area contributed by atoms with Gasteiger partial charge in [-0.15, -0.1) is 0 Å². The molecular weight excluding hydrogens is 256 g/mol. The maximum Gasteiger partial charge on any atom is 0.221 e. The fourth-order valence-electron chi connectivity index (χ4n) is 2.87. The van der Waals surface area contributed by atoms with E-state index in [1.165, 1.54) is 12.8 Å². The molecule has 20 heavy (non-hydrogen) atoms. The van der Waals surface area contributed by atoms with Crippen molar-refractivity contribution in [3.63, 3.8) is 0 Å². The van der Waals surface area contributed by atoms with Crippen molar-refractivity contribution in [2.75, 3.05) is 39.9 Å². The molecule has 0 bridgehead atoms. The largest absolute Gasteiger partial charge is 0.376 e. The van der Waals surface area contributed by atoms with Crippen LogP contribution in [-0.2, 0) is 14.3 Å². The zero-order valence-electron chi connectivity index (χ0n) is 12.6. The van der Waals surface area contributed by atoms with Crippen molar-refractivity contribution in [1.29, 1.82) is 0 Å². The minimum atomic E-state index is 0.123. The first-order valence-electron chi connectivity index (χ1n) is 7.94. The number of hydrogen-bond donors (Lipinski definition) is 1. The Bertz CT molecular complexity index is 285. The lowest BCUT2D eigenvalue weighted by Gasteiger charge is -2.33. The van der Waals surface area contributed by atoms with Gasteiger partial charge in [0.2, 0.25) is 5.91 Å². The van der Waals surface area contributed by atoms with Crippen LogP contribution in [0.15, 0.2) is 0 Å². The smallest absolute Gasteiger partial charge is 0.221 e. The zero-order chi connectivity index (χ0) is 14.2. The summed E-state index contributed by atoms with van der Waals surface area (Å²) in [4.78, 5) is 13.6. The molecule has 2 fully saturated rings. The highest BCUT2D eigenvalue weighted by atomic mass is 16.5. The van der Waals surface area contributed by atoms with Gasteiger partial charge in [-0.3, -0.25) is 4.79 Å².